The molecule has 1 N–H and O–H groups in total. The van der Waals surface area contributed by atoms with Crippen molar-refractivity contribution in [1.82, 2.24) is 4.98 Å². The van der Waals surface area contributed by atoms with E-state index in [2.05, 4.69) is 4.98 Å². The maximum Gasteiger partial charge on any atom is 0.300 e. The van der Waals surface area contributed by atoms with Crippen LogP contribution in [-0.4, -0.2) is 42.6 Å². The number of ether oxygens (including phenoxy) is 3. The molecule has 0 spiro atoms. The first kappa shape index (κ1) is 25.3. The van der Waals surface area contributed by atoms with Gasteiger partial charge in [-0.15, -0.1) is 0 Å². The smallest absolute Gasteiger partial charge is 0.300 e. The van der Waals surface area contributed by atoms with Crippen molar-refractivity contribution in [3.63, 3.8) is 0 Å². The van der Waals surface area contributed by atoms with E-state index < -0.39 is 23.5 Å². The number of pyridine rings is 1. The second-order valence-corrected chi connectivity index (χ2v) is 8.45. The van der Waals surface area contributed by atoms with Gasteiger partial charge in [-0.25, -0.2) is 0 Å². The van der Waals surface area contributed by atoms with Crippen LogP contribution in [0.15, 0.2) is 60.4 Å². The number of anilines is 1. The van der Waals surface area contributed by atoms with Gasteiger partial charge in [0, 0.05) is 18.1 Å². The average molecular weight is 529 g/mol. The van der Waals surface area contributed by atoms with Crippen LogP contribution < -0.4 is 19.1 Å². The standard InChI is InChI=1S/C26H22Cl2N2O6/c1-4-36-16-9-7-15(8-10-16)30-21(14-6-5-11-29-13-14)19(23(32)26(30)33)22(31)17-12-18(27)25(35-3)20(28)24(17)34-2/h5-13,21,31H,4H2,1-3H3/b22-19+. The topological polar surface area (TPSA) is 98.2 Å². The molecule has 0 radical (unpaired) electrons. The summed E-state index contributed by atoms with van der Waals surface area (Å²) >= 11 is 12.7. The van der Waals surface area contributed by atoms with Crippen LogP contribution in [0, 0.1) is 0 Å². The van der Waals surface area contributed by atoms with Crippen molar-refractivity contribution in [1.29, 1.82) is 0 Å². The predicted molar refractivity (Wildman–Crippen MR) is 136 cm³/mol. The summed E-state index contributed by atoms with van der Waals surface area (Å²) in [6.45, 7) is 2.34. The number of rotatable bonds is 7. The summed E-state index contributed by atoms with van der Waals surface area (Å²) in [5.41, 5.74) is 0.812. The number of hydrogen-bond donors (Lipinski definition) is 1. The molecule has 1 atom stereocenters. The van der Waals surface area contributed by atoms with Gasteiger partial charge in [-0.05, 0) is 48.9 Å². The zero-order chi connectivity index (χ0) is 26.0. The molecule has 1 fully saturated rings. The second kappa shape index (κ2) is 10.5. The SMILES string of the molecule is CCOc1ccc(N2C(=O)C(=O)/C(=C(/O)c3cc(Cl)c(OC)c(Cl)c3OC)C2c2cccnc2)cc1. The number of aliphatic hydroxyl groups excluding tert-OH is 1. The minimum atomic E-state index is -0.985. The van der Waals surface area contributed by atoms with Crippen LogP contribution in [0.2, 0.25) is 10.0 Å². The fraction of sp³-hybridized carbons (Fsp3) is 0.192. The second-order valence-electron chi connectivity index (χ2n) is 7.67. The van der Waals surface area contributed by atoms with Gasteiger partial charge in [-0.1, -0.05) is 29.3 Å². The van der Waals surface area contributed by atoms with Crippen LogP contribution in [-0.2, 0) is 9.59 Å². The van der Waals surface area contributed by atoms with Gasteiger partial charge in [-0.3, -0.25) is 19.5 Å². The Labute approximate surface area is 217 Å². The molecule has 1 unspecified atom stereocenters. The van der Waals surface area contributed by atoms with Gasteiger partial charge < -0.3 is 19.3 Å². The molecule has 1 saturated heterocycles. The maximum absolute atomic E-state index is 13.4. The van der Waals surface area contributed by atoms with Crippen molar-refractivity contribution in [2.45, 2.75) is 13.0 Å². The number of benzene rings is 2. The first-order chi connectivity index (χ1) is 17.3. The molecule has 1 aromatic heterocycles. The summed E-state index contributed by atoms with van der Waals surface area (Å²) < 4.78 is 16.1. The van der Waals surface area contributed by atoms with E-state index in [-0.39, 0.29) is 32.7 Å². The molecular weight excluding hydrogens is 507 g/mol. The number of amides is 1. The summed E-state index contributed by atoms with van der Waals surface area (Å²) in [6, 6.07) is 10.5. The van der Waals surface area contributed by atoms with Crippen molar-refractivity contribution >= 4 is 46.3 Å². The molecule has 0 aliphatic carbocycles. The fourth-order valence-electron chi connectivity index (χ4n) is 4.11. The van der Waals surface area contributed by atoms with Gasteiger partial charge in [0.25, 0.3) is 11.7 Å². The zero-order valence-corrected chi connectivity index (χ0v) is 21.1. The first-order valence-electron chi connectivity index (χ1n) is 10.9. The molecule has 2 aromatic carbocycles. The van der Waals surface area contributed by atoms with Crippen molar-refractivity contribution < 1.29 is 28.9 Å². The van der Waals surface area contributed by atoms with Crippen molar-refractivity contribution in [3.8, 4) is 17.2 Å². The number of aromatic nitrogens is 1. The third-order valence-electron chi connectivity index (χ3n) is 5.67. The van der Waals surface area contributed by atoms with Crippen molar-refractivity contribution in [2.75, 3.05) is 25.7 Å². The third-order valence-corrected chi connectivity index (χ3v) is 6.29. The highest BCUT2D eigenvalue weighted by Gasteiger charge is 2.47. The lowest BCUT2D eigenvalue weighted by Gasteiger charge is -2.25. The quantitative estimate of drug-likeness (QED) is 0.248. The Bertz CT molecular complexity index is 1340. The number of carbonyl (C=O) groups excluding carboxylic acids is 2. The van der Waals surface area contributed by atoms with E-state index >= 15 is 0 Å². The Morgan fingerprint density at radius 3 is 2.36 bits per heavy atom. The molecule has 186 valence electrons. The summed E-state index contributed by atoms with van der Waals surface area (Å²) in [6.07, 6.45) is 3.09. The number of carbonyl (C=O) groups is 2. The molecule has 36 heavy (non-hydrogen) atoms. The van der Waals surface area contributed by atoms with Gasteiger partial charge in [0.15, 0.2) is 11.5 Å². The fourth-order valence-corrected chi connectivity index (χ4v) is 4.80. The molecule has 3 aromatic rings. The molecular formula is C26H22Cl2N2O6. The van der Waals surface area contributed by atoms with Crippen LogP contribution in [0.25, 0.3) is 5.76 Å². The average Bonchev–Trinajstić information content (AvgIpc) is 3.15. The Balaban J connectivity index is 1.95. The van der Waals surface area contributed by atoms with Crippen LogP contribution in [0.1, 0.15) is 24.1 Å². The highest BCUT2D eigenvalue weighted by atomic mass is 35.5. The first-order valence-corrected chi connectivity index (χ1v) is 11.6. The monoisotopic (exact) mass is 528 g/mol. The molecule has 0 saturated carbocycles. The Hall–Kier alpha value is -3.75. The molecule has 1 aliphatic heterocycles. The van der Waals surface area contributed by atoms with Gasteiger partial charge in [-0.2, -0.15) is 0 Å². The Morgan fingerprint density at radius 2 is 1.78 bits per heavy atom. The lowest BCUT2D eigenvalue weighted by atomic mass is 9.95. The largest absolute Gasteiger partial charge is 0.507 e. The van der Waals surface area contributed by atoms with Gasteiger partial charge >= 0.3 is 0 Å². The van der Waals surface area contributed by atoms with E-state index in [1.807, 2.05) is 6.92 Å². The van der Waals surface area contributed by atoms with Gasteiger partial charge in [0.05, 0.1) is 43.0 Å². The summed E-state index contributed by atoms with van der Waals surface area (Å²) in [5.74, 6) is -1.42. The lowest BCUT2D eigenvalue weighted by Crippen LogP contribution is -2.29. The molecule has 1 aliphatic rings. The Kier molecular flexibility index (Phi) is 7.37. The molecule has 10 heteroatoms. The van der Waals surface area contributed by atoms with E-state index in [9.17, 15) is 14.7 Å². The minimum absolute atomic E-state index is 0.00715. The van der Waals surface area contributed by atoms with Gasteiger partial charge in [0.2, 0.25) is 0 Å². The number of hydrogen-bond acceptors (Lipinski definition) is 7. The number of nitrogens with zero attached hydrogens (tertiary/aromatic N) is 2. The number of methoxy groups -OCH3 is 2. The predicted octanol–water partition coefficient (Wildman–Crippen LogP) is 5.43. The van der Waals surface area contributed by atoms with Gasteiger partial charge in [0.1, 0.15) is 16.5 Å². The normalized spacial score (nSPS) is 16.8. The van der Waals surface area contributed by atoms with Crippen molar-refractivity contribution in [2.24, 2.45) is 0 Å². The third kappa shape index (κ3) is 4.34. The van der Waals surface area contributed by atoms with Crippen molar-refractivity contribution in [3.05, 3.63) is 81.6 Å². The number of aliphatic hydroxyl groups is 1. The molecule has 4 rings (SSSR count). The lowest BCUT2D eigenvalue weighted by molar-refractivity contribution is -0.132. The van der Waals surface area contributed by atoms with E-state index in [0.29, 0.717) is 23.6 Å². The summed E-state index contributed by atoms with van der Waals surface area (Å²) in [4.78, 5) is 32.1. The van der Waals surface area contributed by atoms with E-state index in [0.717, 1.165) is 0 Å². The molecule has 8 nitrogen and oxygen atoms in total. The van der Waals surface area contributed by atoms with Crippen LogP contribution in [0.4, 0.5) is 5.69 Å². The van der Waals surface area contributed by atoms with E-state index in [1.165, 1.54) is 31.4 Å². The number of halogens is 2. The molecule has 1 amide bonds. The summed E-state index contributed by atoms with van der Waals surface area (Å²) in [5, 5.41) is 11.5. The Morgan fingerprint density at radius 1 is 1.08 bits per heavy atom. The number of Topliss-reactive ketones (excluding diaryl/α,β-unsaturated/α-hetero) is 1. The zero-order valence-electron chi connectivity index (χ0n) is 19.6. The van der Waals surface area contributed by atoms with E-state index in [4.69, 9.17) is 37.4 Å². The van der Waals surface area contributed by atoms with Crippen LogP contribution in [0.5, 0.6) is 17.2 Å². The minimum Gasteiger partial charge on any atom is -0.507 e. The molecule has 0 bridgehead atoms. The molecule has 2 heterocycles. The van der Waals surface area contributed by atoms with Crippen LogP contribution in [0.3, 0.4) is 0 Å². The number of ketones is 1. The van der Waals surface area contributed by atoms with E-state index in [1.54, 1.807) is 42.6 Å². The summed E-state index contributed by atoms with van der Waals surface area (Å²) in [7, 11) is 2.74. The van der Waals surface area contributed by atoms with Crippen LogP contribution >= 0.6 is 23.2 Å². The maximum atomic E-state index is 13.4. The highest BCUT2D eigenvalue weighted by molar-refractivity contribution is 6.52. The highest BCUT2D eigenvalue weighted by Crippen LogP contribution is 2.48.